The van der Waals surface area contributed by atoms with Crippen molar-refractivity contribution in [2.45, 2.75) is 32.2 Å². The van der Waals surface area contributed by atoms with Crippen molar-refractivity contribution in [3.05, 3.63) is 35.9 Å². The van der Waals surface area contributed by atoms with E-state index in [1.54, 1.807) is 0 Å². The summed E-state index contributed by atoms with van der Waals surface area (Å²) < 4.78 is 0. The molecular weight excluding hydrogens is 184 g/mol. The van der Waals surface area contributed by atoms with Crippen molar-refractivity contribution in [3.63, 3.8) is 0 Å². The number of hydrogen-bond donors (Lipinski definition) is 2. The molecule has 1 rings (SSSR count). The topological polar surface area (TPSA) is 52.0 Å². The van der Waals surface area contributed by atoms with Crippen LogP contribution in [0.15, 0.2) is 30.3 Å². The van der Waals surface area contributed by atoms with Crippen LogP contribution < -0.4 is 11.5 Å². The first-order valence-corrected chi connectivity index (χ1v) is 5.73. The van der Waals surface area contributed by atoms with Gasteiger partial charge in [-0.05, 0) is 37.3 Å². The zero-order valence-electron chi connectivity index (χ0n) is 9.52. The van der Waals surface area contributed by atoms with Crippen molar-refractivity contribution >= 4 is 0 Å². The number of nitrogens with two attached hydrogens (primary N) is 2. The van der Waals surface area contributed by atoms with E-state index in [1.807, 2.05) is 6.07 Å². The molecule has 2 atom stereocenters. The molecular formula is C13H22N2. The normalized spacial score (nSPS) is 14.9. The van der Waals surface area contributed by atoms with Gasteiger partial charge in [-0.2, -0.15) is 0 Å². The molecule has 1 aromatic rings. The van der Waals surface area contributed by atoms with Crippen LogP contribution >= 0.6 is 0 Å². The zero-order valence-corrected chi connectivity index (χ0v) is 9.52. The van der Waals surface area contributed by atoms with Gasteiger partial charge in [-0.25, -0.2) is 0 Å². The molecule has 0 aromatic heterocycles. The van der Waals surface area contributed by atoms with E-state index < -0.39 is 0 Å². The molecule has 0 amide bonds. The fraction of sp³-hybridized carbons (Fsp3) is 0.538. The van der Waals surface area contributed by atoms with Crippen LogP contribution in [0.4, 0.5) is 0 Å². The molecule has 0 aliphatic rings. The number of hydrogen-bond acceptors (Lipinski definition) is 2. The van der Waals surface area contributed by atoms with Gasteiger partial charge in [-0.1, -0.05) is 37.3 Å². The first kappa shape index (κ1) is 12.2. The summed E-state index contributed by atoms with van der Waals surface area (Å²) in [6.45, 7) is 2.96. The molecule has 0 bridgehead atoms. The average molecular weight is 206 g/mol. The smallest absolute Gasteiger partial charge is 0.00681 e. The molecule has 0 saturated carbocycles. The second kappa shape index (κ2) is 6.59. The van der Waals surface area contributed by atoms with E-state index in [1.165, 1.54) is 5.56 Å². The first-order valence-electron chi connectivity index (χ1n) is 5.73. The average Bonchev–Trinajstić information content (AvgIpc) is 2.27. The van der Waals surface area contributed by atoms with E-state index in [4.69, 9.17) is 11.5 Å². The van der Waals surface area contributed by atoms with Crippen molar-refractivity contribution in [1.29, 1.82) is 0 Å². The Balaban J connectivity index is 2.38. The first-order chi connectivity index (χ1) is 7.24. The maximum atomic E-state index is 6.10. The van der Waals surface area contributed by atoms with E-state index in [0.29, 0.717) is 5.92 Å². The van der Waals surface area contributed by atoms with Crippen LogP contribution in [-0.4, -0.2) is 12.6 Å². The van der Waals surface area contributed by atoms with Crippen LogP contribution in [0.25, 0.3) is 0 Å². The van der Waals surface area contributed by atoms with Gasteiger partial charge >= 0.3 is 0 Å². The van der Waals surface area contributed by atoms with Crippen LogP contribution in [0.2, 0.25) is 0 Å². The number of benzene rings is 1. The molecule has 84 valence electrons. The Kier molecular flexibility index (Phi) is 5.37. The van der Waals surface area contributed by atoms with Crippen LogP contribution in [0.5, 0.6) is 0 Å². The van der Waals surface area contributed by atoms with Gasteiger partial charge in [0.1, 0.15) is 0 Å². The second-order valence-electron chi connectivity index (χ2n) is 4.26. The quantitative estimate of drug-likeness (QED) is 0.747. The predicted molar refractivity (Wildman–Crippen MR) is 65.6 cm³/mol. The van der Waals surface area contributed by atoms with Gasteiger partial charge in [-0.3, -0.25) is 0 Å². The Bertz CT molecular complexity index is 258. The standard InChI is InChI=1S/C13H22N2/c1-11(13(15)8-5-9-14)10-12-6-3-2-4-7-12/h2-4,6-7,11,13H,5,8-10,14-15H2,1H3/t11-,13?/m0/s1. The van der Waals surface area contributed by atoms with Gasteiger partial charge in [0, 0.05) is 6.04 Å². The summed E-state index contributed by atoms with van der Waals surface area (Å²) in [5, 5.41) is 0. The van der Waals surface area contributed by atoms with Gasteiger partial charge < -0.3 is 11.5 Å². The van der Waals surface area contributed by atoms with E-state index in [0.717, 1.165) is 25.8 Å². The van der Waals surface area contributed by atoms with E-state index >= 15 is 0 Å². The summed E-state index contributed by atoms with van der Waals surface area (Å²) in [5.41, 5.74) is 12.9. The van der Waals surface area contributed by atoms with Gasteiger partial charge in [-0.15, -0.1) is 0 Å². The molecule has 2 nitrogen and oxygen atoms in total. The third-order valence-corrected chi connectivity index (χ3v) is 2.87. The molecule has 0 spiro atoms. The minimum atomic E-state index is 0.272. The Morgan fingerprint density at radius 3 is 2.47 bits per heavy atom. The summed E-state index contributed by atoms with van der Waals surface area (Å²) >= 11 is 0. The summed E-state index contributed by atoms with van der Waals surface area (Å²) in [4.78, 5) is 0. The highest BCUT2D eigenvalue weighted by Gasteiger charge is 2.12. The van der Waals surface area contributed by atoms with E-state index in [2.05, 4.69) is 31.2 Å². The van der Waals surface area contributed by atoms with Gasteiger partial charge in [0.2, 0.25) is 0 Å². The van der Waals surface area contributed by atoms with Crippen molar-refractivity contribution in [2.75, 3.05) is 6.54 Å². The molecule has 0 radical (unpaired) electrons. The van der Waals surface area contributed by atoms with Crippen molar-refractivity contribution in [1.82, 2.24) is 0 Å². The lowest BCUT2D eigenvalue weighted by Crippen LogP contribution is -2.30. The fourth-order valence-electron chi connectivity index (χ4n) is 1.78. The molecule has 1 aromatic carbocycles. The molecule has 15 heavy (non-hydrogen) atoms. The summed E-state index contributed by atoms with van der Waals surface area (Å²) in [5.74, 6) is 0.527. The van der Waals surface area contributed by atoms with E-state index in [9.17, 15) is 0 Å². The van der Waals surface area contributed by atoms with Crippen LogP contribution in [0, 0.1) is 5.92 Å². The SMILES string of the molecule is C[C@@H](Cc1ccccc1)C(N)CCCN. The number of rotatable bonds is 6. The lowest BCUT2D eigenvalue weighted by molar-refractivity contribution is 0.422. The van der Waals surface area contributed by atoms with Crippen molar-refractivity contribution < 1.29 is 0 Å². The maximum absolute atomic E-state index is 6.10. The largest absolute Gasteiger partial charge is 0.330 e. The Labute approximate surface area is 92.7 Å². The Morgan fingerprint density at radius 2 is 1.87 bits per heavy atom. The molecule has 0 aliphatic carbocycles. The molecule has 0 saturated heterocycles. The van der Waals surface area contributed by atoms with Crippen molar-refractivity contribution in [3.8, 4) is 0 Å². The third kappa shape index (κ3) is 4.45. The highest BCUT2D eigenvalue weighted by molar-refractivity contribution is 5.15. The molecule has 0 fully saturated rings. The maximum Gasteiger partial charge on any atom is 0.00681 e. The Morgan fingerprint density at radius 1 is 1.20 bits per heavy atom. The molecule has 0 aliphatic heterocycles. The predicted octanol–water partition coefficient (Wildman–Crippen LogP) is 1.93. The minimum Gasteiger partial charge on any atom is -0.330 e. The molecule has 4 N–H and O–H groups in total. The van der Waals surface area contributed by atoms with Crippen LogP contribution in [-0.2, 0) is 6.42 Å². The second-order valence-corrected chi connectivity index (χ2v) is 4.26. The lowest BCUT2D eigenvalue weighted by atomic mass is 9.92. The minimum absolute atomic E-state index is 0.272. The summed E-state index contributed by atoms with van der Waals surface area (Å²) in [7, 11) is 0. The molecule has 1 unspecified atom stereocenters. The molecule has 0 heterocycles. The monoisotopic (exact) mass is 206 g/mol. The van der Waals surface area contributed by atoms with Gasteiger partial charge in [0.25, 0.3) is 0 Å². The summed E-state index contributed by atoms with van der Waals surface area (Å²) in [6, 6.07) is 10.8. The summed E-state index contributed by atoms with van der Waals surface area (Å²) in [6.07, 6.45) is 3.12. The zero-order chi connectivity index (χ0) is 11.1. The van der Waals surface area contributed by atoms with Crippen LogP contribution in [0.1, 0.15) is 25.3 Å². The highest BCUT2D eigenvalue weighted by atomic mass is 14.6. The van der Waals surface area contributed by atoms with Gasteiger partial charge in [0.05, 0.1) is 0 Å². The highest BCUT2D eigenvalue weighted by Crippen LogP contribution is 2.13. The lowest BCUT2D eigenvalue weighted by Gasteiger charge is -2.19. The van der Waals surface area contributed by atoms with Crippen LogP contribution in [0.3, 0.4) is 0 Å². The van der Waals surface area contributed by atoms with Crippen molar-refractivity contribution in [2.24, 2.45) is 17.4 Å². The third-order valence-electron chi connectivity index (χ3n) is 2.87. The Hall–Kier alpha value is -0.860. The van der Waals surface area contributed by atoms with E-state index in [-0.39, 0.29) is 6.04 Å². The molecule has 2 heteroatoms. The van der Waals surface area contributed by atoms with Gasteiger partial charge in [0.15, 0.2) is 0 Å². The fourth-order valence-corrected chi connectivity index (χ4v) is 1.78.